The minimum atomic E-state index is -0.639. The van der Waals surface area contributed by atoms with E-state index in [1.807, 2.05) is 39.0 Å². The highest BCUT2D eigenvalue weighted by atomic mass is 16.6. The summed E-state index contributed by atoms with van der Waals surface area (Å²) in [6.45, 7) is 6.36. The van der Waals surface area contributed by atoms with Crippen LogP contribution in [0.25, 0.3) is 0 Å². The van der Waals surface area contributed by atoms with Crippen LogP contribution >= 0.6 is 0 Å². The lowest BCUT2D eigenvalue weighted by atomic mass is 9.80. The number of hydrogen-bond acceptors (Lipinski definition) is 3. The number of nitrogens with one attached hydrogen (secondary N) is 1. The van der Waals surface area contributed by atoms with E-state index in [-0.39, 0.29) is 12.1 Å². The molecule has 1 amide bonds. The molecular formula is C43H53NO3. The second-order valence-electron chi connectivity index (χ2n) is 13.3. The third-order valence-electron chi connectivity index (χ3n) is 8.24. The molecule has 4 aromatic carbocycles. The van der Waals surface area contributed by atoms with Crippen molar-refractivity contribution >= 4 is 6.09 Å². The van der Waals surface area contributed by atoms with Gasteiger partial charge < -0.3 is 14.8 Å². The van der Waals surface area contributed by atoms with Gasteiger partial charge in [0.25, 0.3) is 0 Å². The molecule has 0 heterocycles. The molecule has 1 unspecified atom stereocenters. The summed E-state index contributed by atoms with van der Waals surface area (Å²) in [6, 6.07) is 42.0. The average molecular weight is 632 g/mol. The number of carbonyl (C=O) groups is 1. The molecular weight excluding hydrogens is 578 g/mol. The van der Waals surface area contributed by atoms with Crippen LogP contribution in [-0.2, 0) is 21.5 Å². The quantitative estimate of drug-likeness (QED) is 0.0675. The Morgan fingerprint density at radius 1 is 0.638 bits per heavy atom. The molecule has 0 aliphatic carbocycles. The van der Waals surface area contributed by atoms with Crippen LogP contribution in [0.5, 0.6) is 0 Å². The Balaban J connectivity index is 1.20. The van der Waals surface area contributed by atoms with E-state index in [2.05, 4.69) is 121 Å². The lowest BCUT2D eigenvalue weighted by Gasteiger charge is -2.36. The van der Waals surface area contributed by atoms with Crippen molar-refractivity contribution in [1.29, 1.82) is 0 Å². The molecule has 0 spiro atoms. The van der Waals surface area contributed by atoms with Crippen molar-refractivity contribution in [3.8, 4) is 0 Å². The molecule has 0 saturated heterocycles. The molecule has 248 valence electrons. The second-order valence-corrected chi connectivity index (χ2v) is 13.3. The van der Waals surface area contributed by atoms with E-state index in [4.69, 9.17) is 9.47 Å². The molecule has 1 N–H and O–H groups in total. The molecule has 0 radical (unpaired) electrons. The van der Waals surface area contributed by atoms with Gasteiger partial charge in [-0.25, -0.2) is 4.79 Å². The molecule has 4 heteroatoms. The minimum Gasteiger partial charge on any atom is -0.444 e. The fraction of sp³-hybridized carbons (Fsp3) is 0.372. The van der Waals surface area contributed by atoms with Crippen LogP contribution in [0.1, 0.15) is 94.4 Å². The molecule has 4 aromatic rings. The predicted octanol–water partition coefficient (Wildman–Crippen LogP) is 10.8. The molecule has 0 fully saturated rings. The predicted molar refractivity (Wildman–Crippen MR) is 195 cm³/mol. The van der Waals surface area contributed by atoms with Gasteiger partial charge in [0.2, 0.25) is 0 Å². The molecule has 47 heavy (non-hydrogen) atoms. The van der Waals surface area contributed by atoms with Crippen LogP contribution < -0.4 is 5.32 Å². The Morgan fingerprint density at radius 2 is 1.09 bits per heavy atom. The monoisotopic (exact) mass is 631 g/mol. The summed E-state index contributed by atoms with van der Waals surface area (Å²) in [5.41, 5.74) is 3.49. The zero-order chi connectivity index (χ0) is 33.2. The number of carbonyl (C=O) groups excluding carboxylic acids is 1. The van der Waals surface area contributed by atoms with Gasteiger partial charge in [0.15, 0.2) is 0 Å². The first kappa shape index (κ1) is 35.7. The van der Waals surface area contributed by atoms with Gasteiger partial charge >= 0.3 is 6.09 Å². The number of alkyl carbamates (subject to hydrolysis) is 1. The van der Waals surface area contributed by atoms with E-state index in [9.17, 15) is 4.79 Å². The fourth-order valence-corrected chi connectivity index (χ4v) is 6.00. The van der Waals surface area contributed by atoms with Gasteiger partial charge in [-0.1, -0.05) is 166 Å². The molecule has 0 bridgehead atoms. The lowest BCUT2D eigenvalue weighted by molar-refractivity contribution is 0.0106. The Kier molecular flexibility index (Phi) is 14.3. The van der Waals surface area contributed by atoms with Gasteiger partial charge in [0.05, 0.1) is 6.04 Å². The Labute approximate surface area is 283 Å². The SMILES string of the molecule is CC(C)(C)OC(=O)NC(/C=C\CCCCCCCCCOC(c1ccccc1)(c1ccccc1)c1ccccc1)Cc1ccccc1. The number of ether oxygens (including phenoxy) is 2. The second kappa shape index (κ2) is 18.9. The molecule has 0 aliphatic rings. The highest BCUT2D eigenvalue weighted by molar-refractivity contribution is 5.68. The summed E-state index contributed by atoms with van der Waals surface area (Å²) in [5, 5.41) is 3.04. The number of hydrogen-bond donors (Lipinski definition) is 1. The van der Waals surface area contributed by atoms with Crippen molar-refractivity contribution in [2.75, 3.05) is 6.61 Å². The maximum absolute atomic E-state index is 12.4. The number of rotatable bonds is 18. The van der Waals surface area contributed by atoms with Crippen molar-refractivity contribution in [1.82, 2.24) is 5.32 Å². The summed E-state index contributed by atoms with van der Waals surface area (Å²) >= 11 is 0. The number of benzene rings is 4. The molecule has 0 aromatic heterocycles. The van der Waals surface area contributed by atoms with Crippen LogP contribution in [0.15, 0.2) is 133 Å². The van der Waals surface area contributed by atoms with Crippen LogP contribution in [-0.4, -0.2) is 24.3 Å². The number of unbranched alkanes of at least 4 members (excludes halogenated alkanes) is 7. The summed E-state index contributed by atoms with van der Waals surface area (Å²) in [6.07, 6.45) is 13.9. The third-order valence-corrected chi connectivity index (χ3v) is 8.24. The Bertz CT molecular complexity index is 1350. The zero-order valence-electron chi connectivity index (χ0n) is 28.6. The zero-order valence-corrected chi connectivity index (χ0v) is 28.6. The third kappa shape index (κ3) is 11.9. The average Bonchev–Trinajstić information content (AvgIpc) is 3.08. The molecule has 0 aliphatic heterocycles. The normalized spacial score (nSPS) is 12.6. The van der Waals surface area contributed by atoms with Crippen LogP contribution in [0.3, 0.4) is 0 Å². The maximum atomic E-state index is 12.4. The number of allylic oxidation sites excluding steroid dienone is 1. The van der Waals surface area contributed by atoms with E-state index < -0.39 is 11.2 Å². The summed E-state index contributed by atoms with van der Waals surface area (Å²) in [4.78, 5) is 12.4. The van der Waals surface area contributed by atoms with Crippen LogP contribution in [0, 0.1) is 0 Å². The van der Waals surface area contributed by atoms with E-state index in [0.717, 1.165) is 48.8 Å². The minimum absolute atomic E-state index is 0.0983. The standard InChI is InChI=1S/C43H53NO3/c1-42(2,3)47-41(45)44-40(35-36-25-15-11-16-26-36)33-23-9-7-5-4-6-8-10-24-34-46-43(37-27-17-12-18-28-37,38-29-19-13-20-30-38)39-31-21-14-22-32-39/h11-23,25-33,40H,4-10,24,34-35H2,1-3H3,(H,44,45)/b33-23-. The first-order valence-electron chi connectivity index (χ1n) is 17.4. The van der Waals surface area contributed by atoms with Gasteiger partial charge in [0.1, 0.15) is 11.2 Å². The molecule has 0 saturated carbocycles. The van der Waals surface area contributed by atoms with Gasteiger partial charge in [-0.05, 0) is 68.7 Å². The molecule has 1 atom stereocenters. The van der Waals surface area contributed by atoms with Crippen LogP contribution in [0.4, 0.5) is 4.79 Å². The van der Waals surface area contributed by atoms with E-state index >= 15 is 0 Å². The summed E-state index contributed by atoms with van der Waals surface area (Å²) in [5.74, 6) is 0. The smallest absolute Gasteiger partial charge is 0.408 e. The van der Waals surface area contributed by atoms with Crippen molar-refractivity contribution in [2.45, 2.75) is 95.8 Å². The Morgan fingerprint density at radius 3 is 1.57 bits per heavy atom. The molecule has 4 nitrogen and oxygen atoms in total. The fourth-order valence-electron chi connectivity index (χ4n) is 6.00. The van der Waals surface area contributed by atoms with Crippen molar-refractivity contribution in [3.63, 3.8) is 0 Å². The Hall–Kier alpha value is -4.15. The maximum Gasteiger partial charge on any atom is 0.408 e. The van der Waals surface area contributed by atoms with Crippen molar-refractivity contribution in [2.24, 2.45) is 0 Å². The van der Waals surface area contributed by atoms with Gasteiger partial charge in [-0.2, -0.15) is 0 Å². The van der Waals surface area contributed by atoms with E-state index in [1.54, 1.807) is 0 Å². The topological polar surface area (TPSA) is 47.6 Å². The largest absolute Gasteiger partial charge is 0.444 e. The highest BCUT2D eigenvalue weighted by Gasteiger charge is 2.37. The first-order valence-corrected chi connectivity index (χ1v) is 17.4. The van der Waals surface area contributed by atoms with Crippen molar-refractivity contribution < 1.29 is 14.3 Å². The van der Waals surface area contributed by atoms with Gasteiger partial charge in [-0.15, -0.1) is 0 Å². The lowest BCUT2D eigenvalue weighted by Crippen LogP contribution is -2.39. The summed E-state index contributed by atoms with van der Waals surface area (Å²) < 4.78 is 12.4. The molecule has 4 rings (SSSR count). The van der Waals surface area contributed by atoms with E-state index in [0.29, 0.717) is 6.61 Å². The highest BCUT2D eigenvalue weighted by Crippen LogP contribution is 2.40. The number of amides is 1. The van der Waals surface area contributed by atoms with Gasteiger partial charge in [0, 0.05) is 6.61 Å². The van der Waals surface area contributed by atoms with Crippen molar-refractivity contribution in [3.05, 3.63) is 156 Å². The first-order chi connectivity index (χ1) is 22.9. The summed E-state index contributed by atoms with van der Waals surface area (Å²) in [7, 11) is 0. The van der Waals surface area contributed by atoms with E-state index in [1.165, 1.54) is 31.2 Å². The van der Waals surface area contributed by atoms with Gasteiger partial charge in [-0.3, -0.25) is 0 Å². The van der Waals surface area contributed by atoms with Crippen LogP contribution in [0.2, 0.25) is 0 Å².